The Balaban J connectivity index is 3.38. The van der Waals surface area contributed by atoms with Crippen LogP contribution in [0.1, 0.15) is 5.56 Å². The zero-order chi connectivity index (χ0) is 14.4. The Morgan fingerprint density at radius 1 is 1.11 bits per heavy atom. The van der Waals surface area contributed by atoms with Crippen LogP contribution >= 0.6 is 11.6 Å². The summed E-state index contributed by atoms with van der Waals surface area (Å²) in [5, 5.41) is 37.1. The quantitative estimate of drug-likeness (QED) is 0.832. The van der Waals surface area contributed by atoms with Crippen LogP contribution in [0.2, 0.25) is 5.02 Å². The summed E-state index contributed by atoms with van der Waals surface area (Å²) >= 11 is 5.52. The number of allylic oxidation sites excluding steroid dienone is 2. The predicted molar refractivity (Wildman–Crippen MR) is 63.6 cm³/mol. The van der Waals surface area contributed by atoms with Crippen molar-refractivity contribution in [2.45, 2.75) is 0 Å². The average molecular weight is 272 g/mol. The molecule has 1 rings (SSSR count). The number of hydrogen-bond acceptors (Lipinski definition) is 5. The molecule has 0 spiro atoms. The fraction of sp³-hybridized carbons (Fsp3) is 0. The first kappa shape index (κ1) is 14.0. The molecule has 19 heavy (non-hydrogen) atoms. The highest BCUT2D eigenvalue weighted by Crippen LogP contribution is 2.26. The van der Waals surface area contributed by atoms with Gasteiger partial charge in [-0.25, -0.2) is 4.39 Å². The van der Waals surface area contributed by atoms with Crippen LogP contribution in [0.15, 0.2) is 23.4 Å². The van der Waals surface area contributed by atoms with Crippen molar-refractivity contribution in [2.24, 2.45) is 0 Å². The number of benzene rings is 1. The highest BCUT2D eigenvalue weighted by molar-refractivity contribution is 6.31. The lowest BCUT2D eigenvalue weighted by molar-refractivity contribution is 0.625. The van der Waals surface area contributed by atoms with Crippen LogP contribution in [0.3, 0.4) is 0 Å². The molecule has 0 heterocycles. The van der Waals surface area contributed by atoms with Gasteiger partial charge in [0.25, 0.3) is 0 Å². The van der Waals surface area contributed by atoms with E-state index in [1.165, 1.54) is 24.3 Å². The molecule has 0 bridgehead atoms. The minimum atomic E-state index is -0.943. The highest BCUT2D eigenvalue weighted by atomic mass is 35.5. The molecular weight excluding hydrogens is 269 g/mol. The topological polar surface area (TPSA) is 107 Å². The molecule has 0 aliphatic carbocycles. The second-order valence-corrected chi connectivity index (χ2v) is 3.51. The number of anilines is 1. The first-order valence-corrected chi connectivity index (χ1v) is 5.06. The van der Waals surface area contributed by atoms with Gasteiger partial charge < -0.3 is 5.32 Å². The Bertz CT molecular complexity index is 709. The van der Waals surface area contributed by atoms with Gasteiger partial charge in [-0.05, 0) is 12.1 Å². The molecule has 0 amide bonds. The van der Waals surface area contributed by atoms with Crippen molar-refractivity contribution in [3.63, 3.8) is 0 Å². The van der Waals surface area contributed by atoms with E-state index in [0.717, 1.165) is 0 Å². The zero-order valence-electron chi connectivity index (χ0n) is 9.20. The summed E-state index contributed by atoms with van der Waals surface area (Å²) in [6, 6.07) is 8.68. The predicted octanol–water partition coefficient (Wildman–Crippen LogP) is 2.59. The van der Waals surface area contributed by atoms with E-state index in [1.807, 2.05) is 0 Å². The van der Waals surface area contributed by atoms with Crippen molar-refractivity contribution in [3.05, 3.63) is 39.8 Å². The first-order chi connectivity index (χ1) is 9.08. The molecule has 5 nitrogen and oxygen atoms in total. The number of nitrogens with zero attached hydrogens (tertiary/aromatic N) is 4. The van der Waals surface area contributed by atoms with Gasteiger partial charge in [-0.2, -0.15) is 21.0 Å². The molecule has 0 saturated carbocycles. The van der Waals surface area contributed by atoms with Crippen LogP contribution in [0.25, 0.3) is 0 Å². The number of nitriles is 4. The molecule has 1 aromatic carbocycles. The number of nitrogens with one attached hydrogen (secondary N) is 1. The minimum absolute atomic E-state index is 0.0519. The Hall–Kier alpha value is -3.06. The molecule has 0 fully saturated rings. The summed E-state index contributed by atoms with van der Waals surface area (Å²) in [4.78, 5) is 0. The van der Waals surface area contributed by atoms with Gasteiger partial charge >= 0.3 is 0 Å². The van der Waals surface area contributed by atoms with Gasteiger partial charge in [0.05, 0.1) is 10.7 Å². The number of rotatable bonds is 2. The van der Waals surface area contributed by atoms with Crippen LogP contribution in [0.4, 0.5) is 10.1 Å². The summed E-state index contributed by atoms with van der Waals surface area (Å²) in [5.41, 5.74) is -1.30. The van der Waals surface area contributed by atoms with Crippen molar-refractivity contribution >= 4 is 17.3 Å². The third-order valence-electron chi connectivity index (χ3n) is 2.05. The van der Waals surface area contributed by atoms with Gasteiger partial charge in [0.2, 0.25) is 0 Å². The largest absolute Gasteiger partial charge is 0.344 e. The monoisotopic (exact) mass is 271 g/mol. The maximum atomic E-state index is 13.6. The SMILES string of the molecule is N#CC(C#N)=C(C#N)Nc1ccc(Cl)c(F)c1C#N. The molecule has 0 aliphatic rings. The van der Waals surface area contributed by atoms with Crippen molar-refractivity contribution in [1.29, 1.82) is 21.0 Å². The standard InChI is InChI=1S/C12H3ClFN5/c13-9-1-2-10(8(5-17)12(9)14)19-11(6-18)7(3-15)4-16/h1-2,19H. The lowest BCUT2D eigenvalue weighted by Gasteiger charge is -2.08. The Labute approximate surface area is 113 Å². The summed E-state index contributed by atoms with van der Waals surface area (Å²) < 4.78 is 13.6. The van der Waals surface area contributed by atoms with Crippen LogP contribution in [-0.4, -0.2) is 0 Å². The molecule has 0 radical (unpaired) electrons. The van der Waals surface area contributed by atoms with Gasteiger partial charge in [-0.1, -0.05) is 11.6 Å². The lowest BCUT2D eigenvalue weighted by atomic mass is 10.1. The normalized spacial score (nSPS) is 8.32. The molecule has 0 unspecified atom stereocenters. The van der Waals surface area contributed by atoms with E-state index in [-0.39, 0.29) is 16.4 Å². The maximum absolute atomic E-state index is 13.6. The molecule has 1 N–H and O–H groups in total. The first-order valence-electron chi connectivity index (χ1n) is 4.68. The second kappa shape index (κ2) is 6.03. The van der Waals surface area contributed by atoms with Crippen molar-refractivity contribution in [1.82, 2.24) is 0 Å². The van der Waals surface area contributed by atoms with Crippen LogP contribution < -0.4 is 5.32 Å². The average Bonchev–Trinajstić information content (AvgIpc) is 2.43. The van der Waals surface area contributed by atoms with E-state index in [4.69, 9.17) is 32.6 Å². The van der Waals surface area contributed by atoms with Crippen molar-refractivity contribution in [3.8, 4) is 24.3 Å². The van der Waals surface area contributed by atoms with E-state index in [9.17, 15) is 4.39 Å². The van der Waals surface area contributed by atoms with Crippen molar-refractivity contribution in [2.75, 3.05) is 5.32 Å². The molecular formula is C12H3ClFN5. The van der Waals surface area contributed by atoms with Gasteiger partial charge in [0.15, 0.2) is 11.4 Å². The third-order valence-corrected chi connectivity index (χ3v) is 2.34. The maximum Gasteiger partial charge on any atom is 0.163 e. The van der Waals surface area contributed by atoms with E-state index >= 15 is 0 Å². The van der Waals surface area contributed by atoms with E-state index < -0.39 is 17.0 Å². The van der Waals surface area contributed by atoms with Crippen molar-refractivity contribution < 1.29 is 4.39 Å². The highest BCUT2D eigenvalue weighted by Gasteiger charge is 2.14. The van der Waals surface area contributed by atoms with Gasteiger partial charge in [0.1, 0.15) is 35.5 Å². The van der Waals surface area contributed by atoms with E-state index in [0.29, 0.717) is 0 Å². The Kier molecular flexibility index (Phi) is 4.44. The summed E-state index contributed by atoms with van der Waals surface area (Å²) in [6.07, 6.45) is 0. The molecule has 90 valence electrons. The van der Waals surface area contributed by atoms with Gasteiger partial charge in [-0.3, -0.25) is 0 Å². The fourth-order valence-corrected chi connectivity index (χ4v) is 1.34. The molecule has 0 aliphatic heterocycles. The van der Waals surface area contributed by atoms with Crippen LogP contribution in [0.5, 0.6) is 0 Å². The van der Waals surface area contributed by atoms with Crippen LogP contribution in [-0.2, 0) is 0 Å². The lowest BCUT2D eigenvalue weighted by Crippen LogP contribution is -2.03. The Morgan fingerprint density at radius 3 is 2.21 bits per heavy atom. The third kappa shape index (κ3) is 2.79. The summed E-state index contributed by atoms with van der Waals surface area (Å²) in [7, 11) is 0. The molecule has 1 aromatic rings. The molecule has 0 atom stereocenters. The Morgan fingerprint density at radius 2 is 1.74 bits per heavy atom. The fourth-order valence-electron chi connectivity index (χ4n) is 1.18. The minimum Gasteiger partial charge on any atom is -0.344 e. The zero-order valence-corrected chi connectivity index (χ0v) is 9.96. The molecule has 0 aromatic heterocycles. The molecule has 0 saturated heterocycles. The summed E-state index contributed by atoms with van der Waals surface area (Å²) in [6.45, 7) is 0. The van der Waals surface area contributed by atoms with Gasteiger partial charge in [0, 0.05) is 0 Å². The van der Waals surface area contributed by atoms with E-state index in [2.05, 4.69) is 5.32 Å². The van der Waals surface area contributed by atoms with Crippen LogP contribution in [0, 0.1) is 51.1 Å². The number of halogens is 2. The molecule has 7 heteroatoms. The second-order valence-electron chi connectivity index (χ2n) is 3.11. The van der Waals surface area contributed by atoms with Gasteiger partial charge in [-0.15, -0.1) is 0 Å². The smallest absolute Gasteiger partial charge is 0.163 e. The number of hydrogen-bond donors (Lipinski definition) is 1. The van der Waals surface area contributed by atoms with E-state index in [1.54, 1.807) is 12.1 Å². The summed E-state index contributed by atoms with van der Waals surface area (Å²) in [5.74, 6) is -0.943.